The molecule has 20 heavy (non-hydrogen) atoms. The number of hydrogen-bond acceptors (Lipinski definition) is 3. The van der Waals surface area contributed by atoms with Crippen molar-refractivity contribution in [1.82, 2.24) is 0 Å². The van der Waals surface area contributed by atoms with Crippen molar-refractivity contribution in [3.05, 3.63) is 35.9 Å². The lowest BCUT2D eigenvalue weighted by molar-refractivity contribution is -0.118. The number of amides is 1. The Morgan fingerprint density at radius 2 is 2.10 bits per heavy atom. The first-order chi connectivity index (χ1) is 9.43. The molecular formula is C16H19NO2S. The predicted octanol–water partition coefficient (Wildman–Crippen LogP) is 3.68. The minimum Gasteiger partial charge on any atom is -0.306 e. The maximum Gasteiger partial charge on any atom is 0.240 e. The van der Waals surface area contributed by atoms with Gasteiger partial charge in [0.2, 0.25) is 5.91 Å². The van der Waals surface area contributed by atoms with Crippen LogP contribution in [0.15, 0.2) is 35.2 Å². The Kier molecular flexibility index (Phi) is 4.33. The number of ketones is 1. The molecular weight excluding hydrogens is 270 g/mol. The van der Waals surface area contributed by atoms with Crippen LogP contribution in [0, 0.1) is 0 Å². The highest BCUT2D eigenvalue weighted by Crippen LogP contribution is 2.41. The zero-order valence-electron chi connectivity index (χ0n) is 12.1. The molecule has 0 saturated carbocycles. The lowest BCUT2D eigenvalue weighted by Crippen LogP contribution is -2.41. The number of benzene rings is 1. The van der Waals surface area contributed by atoms with Gasteiger partial charge < -0.3 is 4.90 Å². The molecule has 106 valence electrons. The minimum absolute atomic E-state index is 0.0122. The van der Waals surface area contributed by atoms with Crippen LogP contribution in [0.2, 0.25) is 0 Å². The Morgan fingerprint density at radius 3 is 2.65 bits per heavy atom. The van der Waals surface area contributed by atoms with Crippen molar-refractivity contribution in [2.45, 2.75) is 37.3 Å². The fraction of sp³-hybridized carbons (Fsp3) is 0.375. The number of thioether (sulfide) groups is 1. The summed E-state index contributed by atoms with van der Waals surface area (Å²) in [6.45, 7) is 9.87. The molecule has 1 aliphatic rings. The fourth-order valence-electron chi connectivity index (χ4n) is 2.23. The lowest BCUT2D eigenvalue weighted by Gasteiger charge is -2.33. The summed E-state index contributed by atoms with van der Waals surface area (Å²) in [5.41, 5.74) is 2.40. The largest absolute Gasteiger partial charge is 0.306 e. The number of fused-ring (bicyclic) bond motifs is 1. The summed E-state index contributed by atoms with van der Waals surface area (Å²) in [6.07, 6.45) is 0.796. The highest BCUT2D eigenvalue weighted by atomic mass is 32.2. The van der Waals surface area contributed by atoms with Gasteiger partial charge in [-0.2, -0.15) is 0 Å². The Labute approximate surface area is 124 Å². The first kappa shape index (κ1) is 14.9. The van der Waals surface area contributed by atoms with E-state index < -0.39 is 0 Å². The molecule has 3 nitrogen and oxygen atoms in total. The van der Waals surface area contributed by atoms with Crippen LogP contribution < -0.4 is 4.90 Å². The SMILES string of the molecule is C=C(C)CN1C(=O)C(CC)Sc2ccc(C(C)=O)cc21. The summed E-state index contributed by atoms with van der Waals surface area (Å²) in [7, 11) is 0. The standard InChI is InChI=1S/C16H19NO2S/c1-5-14-16(19)17(9-10(2)3)13-8-12(11(4)18)6-7-15(13)20-14/h6-8,14H,2,5,9H2,1,3-4H3. The molecule has 0 fully saturated rings. The maximum atomic E-state index is 12.5. The Bertz CT molecular complexity index is 580. The van der Waals surface area contributed by atoms with Gasteiger partial charge in [0, 0.05) is 17.0 Å². The molecule has 1 aliphatic heterocycles. The smallest absolute Gasteiger partial charge is 0.240 e. The first-order valence-corrected chi connectivity index (χ1v) is 7.59. The van der Waals surface area contributed by atoms with Gasteiger partial charge in [-0.05, 0) is 32.4 Å². The van der Waals surface area contributed by atoms with Gasteiger partial charge in [-0.1, -0.05) is 25.1 Å². The number of anilines is 1. The average molecular weight is 289 g/mol. The number of carbonyl (C=O) groups is 2. The molecule has 0 radical (unpaired) electrons. The van der Waals surface area contributed by atoms with E-state index in [9.17, 15) is 9.59 Å². The molecule has 4 heteroatoms. The van der Waals surface area contributed by atoms with E-state index in [1.807, 2.05) is 32.0 Å². The van der Waals surface area contributed by atoms with Crippen molar-refractivity contribution < 1.29 is 9.59 Å². The van der Waals surface area contributed by atoms with E-state index in [1.54, 1.807) is 16.7 Å². The molecule has 1 atom stereocenters. The molecule has 1 aromatic carbocycles. The molecule has 0 bridgehead atoms. The summed E-state index contributed by atoms with van der Waals surface area (Å²) in [4.78, 5) is 26.9. The second-order valence-corrected chi connectivity index (χ2v) is 6.38. The van der Waals surface area contributed by atoms with Gasteiger partial charge in [0.05, 0.1) is 10.9 Å². The maximum absolute atomic E-state index is 12.5. The van der Waals surface area contributed by atoms with Crippen LogP contribution in [0.1, 0.15) is 37.6 Å². The summed E-state index contributed by atoms with van der Waals surface area (Å²) in [6, 6.07) is 5.59. The second kappa shape index (κ2) is 5.83. The molecule has 0 N–H and O–H groups in total. The summed E-state index contributed by atoms with van der Waals surface area (Å²) < 4.78 is 0. The zero-order valence-corrected chi connectivity index (χ0v) is 12.9. The second-order valence-electron chi connectivity index (χ2n) is 5.13. The van der Waals surface area contributed by atoms with Gasteiger partial charge in [0.25, 0.3) is 0 Å². The molecule has 0 aromatic heterocycles. The number of Topliss-reactive ketones (excluding diaryl/α,β-unsaturated/α-hetero) is 1. The summed E-state index contributed by atoms with van der Waals surface area (Å²) in [5, 5.41) is -0.0509. The van der Waals surface area contributed by atoms with Gasteiger partial charge in [-0.25, -0.2) is 0 Å². The van der Waals surface area contributed by atoms with Gasteiger partial charge in [0.15, 0.2) is 5.78 Å². The van der Waals surface area contributed by atoms with E-state index >= 15 is 0 Å². The summed E-state index contributed by atoms with van der Waals surface area (Å²) in [5.74, 6) is 0.117. The number of hydrogen-bond donors (Lipinski definition) is 0. The Hall–Kier alpha value is -1.55. The van der Waals surface area contributed by atoms with Crippen LogP contribution in [0.5, 0.6) is 0 Å². The van der Waals surface area contributed by atoms with E-state index in [4.69, 9.17) is 0 Å². The third kappa shape index (κ3) is 2.80. The zero-order chi connectivity index (χ0) is 14.9. The van der Waals surface area contributed by atoms with Gasteiger partial charge in [-0.3, -0.25) is 9.59 Å². The minimum atomic E-state index is -0.0509. The van der Waals surface area contributed by atoms with Crippen LogP contribution in [-0.4, -0.2) is 23.5 Å². The van der Waals surface area contributed by atoms with Crippen molar-refractivity contribution in [2.75, 3.05) is 11.4 Å². The predicted molar refractivity (Wildman–Crippen MR) is 83.5 cm³/mol. The number of nitrogens with zero attached hydrogens (tertiary/aromatic N) is 1. The van der Waals surface area contributed by atoms with Crippen LogP contribution in [0.4, 0.5) is 5.69 Å². The van der Waals surface area contributed by atoms with E-state index in [2.05, 4.69) is 6.58 Å². The molecule has 1 heterocycles. The number of rotatable bonds is 4. The van der Waals surface area contributed by atoms with Crippen LogP contribution >= 0.6 is 11.8 Å². The highest BCUT2D eigenvalue weighted by Gasteiger charge is 2.32. The molecule has 0 aliphatic carbocycles. The van der Waals surface area contributed by atoms with Gasteiger partial charge >= 0.3 is 0 Å². The molecule has 1 aromatic rings. The van der Waals surface area contributed by atoms with Gasteiger partial charge in [-0.15, -0.1) is 11.8 Å². The molecule has 2 rings (SSSR count). The van der Waals surface area contributed by atoms with Crippen molar-refractivity contribution in [3.63, 3.8) is 0 Å². The molecule has 1 amide bonds. The van der Waals surface area contributed by atoms with E-state index in [0.29, 0.717) is 12.1 Å². The topological polar surface area (TPSA) is 37.4 Å². The van der Waals surface area contributed by atoms with Crippen molar-refractivity contribution >= 4 is 29.1 Å². The number of carbonyl (C=O) groups excluding carboxylic acids is 2. The van der Waals surface area contributed by atoms with Crippen LogP contribution in [0.3, 0.4) is 0 Å². The molecule has 1 unspecified atom stereocenters. The highest BCUT2D eigenvalue weighted by molar-refractivity contribution is 8.01. The van der Waals surface area contributed by atoms with Crippen molar-refractivity contribution in [2.24, 2.45) is 0 Å². The third-order valence-electron chi connectivity index (χ3n) is 3.27. The van der Waals surface area contributed by atoms with Crippen LogP contribution in [0.25, 0.3) is 0 Å². The summed E-state index contributed by atoms with van der Waals surface area (Å²) >= 11 is 1.58. The quantitative estimate of drug-likeness (QED) is 0.627. The average Bonchev–Trinajstić information content (AvgIpc) is 2.40. The normalized spacial score (nSPS) is 17.9. The fourth-order valence-corrected chi connectivity index (χ4v) is 3.37. The first-order valence-electron chi connectivity index (χ1n) is 6.71. The van der Waals surface area contributed by atoms with Crippen molar-refractivity contribution in [3.8, 4) is 0 Å². The molecule has 0 spiro atoms. The Balaban J connectivity index is 2.50. The molecule has 0 saturated heterocycles. The van der Waals surface area contributed by atoms with E-state index in [-0.39, 0.29) is 16.9 Å². The van der Waals surface area contributed by atoms with Crippen molar-refractivity contribution in [1.29, 1.82) is 0 Å². The van der Waals surface area contributed by atoms with E-state index in [0.717, 1.165) is 22.6 Å². The van der Waals surface area contributed by atoms with Gasteiger partial charge in [0.1, 0.15) is 0 Å². The monoisotopic (exact) mass is 289 g/mol. The Morgan fingerprint density at radius 1 is 1.40 bits per heavy atom. The lowest BCUT2D eigenvalue weighted by atomic mass is 10.1. The van der Waals surface area contributed by atoms with Crippen LogP contribution in [-0.2, 0) is 4.79 Å². The third-order valence-corrected chi connectivity index (χ3v) is 4.68. The van der Waals surface area contributed by atoms with E-state index in [1.165, 1.54) is 6.92 Å².